The predicted octanol–water partition coefficient (Wildman–Crippen LogP) is -0.587. The topological polar surface area (TPSA) is 289 Å². The van der Waals surface area contributed by atoms with Crippen molar-refractivity contribution in [3.8, 4) is 0 Å². The van der Waals surface area contributed by atoms with Gasteiger partial charge < -0.3 is 45.5 Å². The van der Waals surface area contributed by atoms with Crippen molar-refractivity contribution in [1.82, 2.24) is 14.5 Å². The van der Waals surface area contributed by atoms with Crippen molar-refractivity contribution in [3.63, 3.8) is 0 Å². The van der Waals surface area contributed by atoms with Crippen LogP contribution in [0, 0.1) is 6.92 Å². The Labute approximate surface area is 189 Å². The molecule has 5 atom stereocenters. The second kappa shape index (κ2) is 9.35. The second-order valence-corrected chi connectivity index (χ2v) is 11.4. The zero-order valence-corrected chi connectivity index (χ0v) is 19.7. The van der Waals surface area contributed by atoms with Crippen molar-refractivity contribution in [2.45, 2.75) is 31.8 Å². The number of hydrogen-bond acceptors (Lipinski definition) is 12. The van der Waals surface area contributed by atoms with E-state index < -0.39 is 54.4 Å². The van der Waals surface area contributed by atoms with Crippen LogP contribution in [0.25, 0.3) is 11.0 Å². The summed E-state index contributed by atoms with van der Waals surface area (Å²) in [5.74, 6) is -0.577. The van der Waals surface area contributed by atoms with E-state index in [1.54, 1.807) is 6.92 Å². The van der Waals surface area contributed by atoms with Crippen molar-refractivity contribution >= 4 is 46.2 Å². The summed E-state index contributed by atoms with van der Waals surface area (Å²) in [6, 6.07) is 0. The summed E-state index contributed by atoms with van der Waals surface area (Å²) < 4.78 is 52.6. The molecule has 18 nitrogen and oxygen atoms in total. The molecule has 1 aliphatic rings. The van der Waals surface area contributed by atoms with Crippen LogP contribution >= 0.6 is 23.5 Å². The molecule has 3 heterocycles. The van der Waals surface area contributed by atoms with Crippen LogP contribution in [0.1, 0.15) is 28.8 Å². The first kappa shape index (κ1) is 26.8. The van der Waals surface area contributed by atoms with E-state index in [2.05, 4.69) is 23.1 Å². The molecule has 0 saturated carbocycles. The van der Waals surface area contributed by atoms with Crippen LogP contribution in [0.2, 0.25) is 0 Å². The molecule has 9 N–H and O–H groups in total. The minimum Gasteiger partial charge on any atom is -0.390 e. The maximum atomic E-state index is 11.9. The number of fused-ring (bicyclic) bond motifs is 1. The molecule has 21 heteroatoms. The molecule has 1 saturated heterocycles. The van der Waals surface area contributed by atoms with Gasteiger partial charge >= 0.3 is 23.5 Å². The molecule has 3 rings (SSSR count). The quantitative estimate of drug-likeness (QED) is 0.193. The van der Waals surface area contributed by atoms with Gasteiger partial charge in [0.25, 0.3) is 5.91 Å². The van der Waals surface area contributed by atoms with E-state index in [0.29, 0.717) is 0 Å². The Morgan fingerprint density at radius 3 is 2.44 bits per heavy atom. The lowest BCUT2D eigenvalue weighted by Gasteiger charge is -2.19. The van der Waals surface area contributed by atoms with Gasteiger partial charge in [-0.1, -0.05) is 0 Å². The third-order valence-electron chi connectivity index (χ3n) is 4.41. The number of aliphatic hydroxyl groups is 1. The normalized spacial score (nSPS) is 24.7. The lowest BCUT2D eigenvalue weighted by atomic mass is 10.2. The molecule has 2 unspecified atom stereocenters. The van der Waals surface area contributed by atoms with Gasteiger partial charge in [-0.15, -0.1) is 0 Å². The molecular formula is C13H20N5O13P3. The summed E-state index contributed by atoms with van der Waals surface area (Å²) in [4.78, 5) is 55.8. The number of aryl methyl sites for hydroxylation is 1. The standard InChI is InChI=1S/C13H20N5O13P3/c1-5-16-11(14)10-6(12(15)20)3-18(13(10)17-5)9-2-7(19)8(29-9)4-28-33(24,25)31-34(26,27)30-32(21,22)23/h3,7-9,19H,2,4H2,1H3,(H2,15,20)(H,24,25)(H,26,27)(H2,14,16,17)(H2,21,22,23)/t7-,8+,9+/m0/s1. The van der Waals surface area contributed by atoms with E-state index in [1.807, 2.05) is 0 Å². The Hall–Kier alpha value is -1.78. The molecule has 1 amide bonds. The van der Waals surface area contributed by atoms with Crippen molar-refractivity contribution < 1.29 is 61.1 Å². The highest BCUT2D eigenvalue weighted by Gasteiger charge is 2.43. The molecule has 190 valence electrons. The van der Waals surface area contributed by atoms with Gasteiger partial charge in [-0.05, 0) is 6.92 Å². The first-order valence-corrected chi connectivity index (χ1v) is 13.6. The van der Waals surface area contributed by atoms with Gasteiger partial charge in [-0.2, -0.15) is 8.62 Å². The van der Waals surface area contributed by atoms with E-state index in [1.165, 1.54) is 10.8 Å². The van der Waals surface area contributed by atoms with Crippen LogP contribution in [0.4, 0.5) is 5.82 Å². The first-order valence-electron chi connectivity index (χ1n) is 9.04. The van der Waals surface area contributed by atoms with Gasteiger partial charge in [-0.3, -0.25) is 9.32 Å². The van der Waals surface area contributed by atoms with Gasteiger partial charge in [-0.25, -0.2) is 23.7 Å². The zero-order valence-electron chi connectivity index (χ0n) is 17.1. The number of anilines is 1. The fourth-order valence-electron chi connectivity index (χ4n) is 3.20. The molecule has 34 heavy (non-hydrogen) atoms. The maximum Gasteiger partial charge on any atom is 0.490 e. The molecule has 1 aliphatic heterocycles. The highest BCUT2D eigenvalue weighted by Crippen LogP contribution is 2.66. The van der Waals surface area contributed by atoms with Gasteiger partial charge in [0.15, 0.2) is 0 Å². The van der Waals surface area contributed by atoms with Crippen LogP contribution in [0.5, 0.6) is 0 Å². The zero-order chi connectivity index (χ0) is 25.6. The Balaban J connectivity index is 1.76. The highest BCUT2D eigenvalue weighted by atomic mass is 31.3. The largest absolute Gasteiger partial charge is 0.490 e. The van der Waals surface area contributed by atoms with Crippen molar-refractivity contribution in [3.05, 3.63) is 17.6 Å². The van der Waals surface area contributed by atoms with Crippen LogP contribution < -0.4 is 11.5 Å². The van der Waals surface area contributed by atoms with E-state index in [0.717, 1.165) is 0 Å². The number of carbonyl (C=O) groups excluding carboxylic acids is 1. The summed E-state index contributed by atoms with van der Waals surface area (Å²) in [5, 5.41) is 10.4. The number of carbonyl (C=O) groups is 1. The minimum absolute atomic E-state index is 0.0118. The van der Waals surface area contributed by atoms with Crippen molar-refractivity contribution in [2.75, 3.05) is 12.3 Å². The number of aromatic nitrogens is 3. The molecule has 0 aromatic carbocycles. The number of ether oxygens (including phenoxy) is 1. The number of hydrogen-bond donors (Lipinski definition) is 7. The lowest BCUT2D eigenvalue weighted by molar-refractivity contribution is -0.0422. The summed E-state index contributed by atoms with van der Waals surface area (Å²) in [6.07, 6.45) is -2.39. The van der Waals surface area contributed by atoms with Crippen molar-refractivity contribution in [2.24, 2.45) is 5.73 Å². The first-order chi connectivity index (χ1) is 15.5. The van der Waals surface area contributed by atoms with E-state index in [4.69, 9.17) is 26.0 Å². The van der Waals surface area contributed by atoms with E-state index in [-0.39, 0.29) is 34.7 Å². The van der Waals surface area contributed by atoms with E-state index >= 15 is 0 Å². The Morgan fingerprint density at radius 1 is 1.21 bits per heavy atom. The molecule has 0 bridgehead atoms. The fraction of sp³-hybridized carbons (Fsp3) is 0.462. The third kappa shape index (κ3) is 6.26. The number of amides is 1. The molecule has 0 radical (unpaired) electrons. The Kier molecular flexibility index (Phi) is 7.38. The number of phosphoric ester groups is 1. The molecule has 2 aromatic heterocycles. The molecule has 0 aliphatic carbocycles. The fourth-order valence-corrected chi connectivity index (χ4v) is 6.23. The monoisotopic (exact) mass is 547 g/mol. The van der Waals surface area contributed by atoms with Gasteiger partial charge in [0.05, 0.1) is 23.7 Å². The minimum atomic E-state index is -5.69. The van der Waals surface area contributed by atoms with E-state index in [9.17, 15) is 33.4 Å². The van der Waals surface area contributed by atoms with Gasteiger partial charge in [0, 0.05) is 12.6 Å². The number of nitrogens with zero attached hydrogens (tertiary/aromatic N) is 3. The average Bonchev–Trinajstić information content (AvgIpc) is 3.17. The van der Waals surface area contributed by atoms with Gasteiger partial charge in [0.1, 0.15) is 29.6 Å². The summed E-state index contributed by atoms with van der Waals surface area (Å²) in [5.41, 5.74) is 11.4. The number of rotatable bonds is 9. The average molecular weight is 547 g/mol. The molecule has 2 aromatic rings. The summed E-state index contributed by atoms with van der Waals surface area (Å²) >= 11 is 0. The number of aliphatic hydroxyl groups excluding tert-OH is 1. The Bertz CT molecular complexity index is 1260. The lowest BCUT2D eigenvalue weighted by Crippen LogP contribution is -2.26. The molecule has 1 fully saturated rings. The molecule has 0 spiro atoms. The smallest absolute Gasteiger partial charge is 0.390 e. The predicted molar refractivity (Wildman–Crippen MR) is 110 cm³/mol. The maximum absolute atomic E-state index is 11.9. The van der Waals surface area contributed by atoms with Crippen LogP contribution in [0.3, 0.4) is 0 Å². The van der Waals surface area contributed by atoms with Gasteiger partial charge in [0.2, 0.25) is 0 Å². The highest BCUT2D eigenvalue weighted by molar-refractivity contribution is 7.66. The number of primary amides is 1. The van der Waals surface area contributed by atoms with Crippen LogP contribution in [-0.2, 0) is 31.6 Å². The molecular weight excluding hydrogens is 527 g/mol. The van der Waals surface area contributed by atoms with Crippen LogP contribution in [0.15, 0.2) is 6.20 Å². The van der Waals surface area contributed by atoms with Crippen LogP contribution in [-0.4, -0.2) is 63.9 Å². The summed E-state index contributed by atoms with van der Waals surface area (Å²) in [7, 11) is -16.6. The number of nitrogen functional groups attached to an aromatic ring is 1. The Morgan fingerprint density at radius 2 is 1.85 bits per heavy atom. The SMILES string of the molecule is Cc1nc(N)c2c(C(N)=O)cn([C@H]3C[C@H](O)[C@@H](COP(=O)(O)OP(=O)(O)OP(=O)(O)O)O3)c2n1. The third-order valence-corrected chi connectivity index (χ3v) is 8.21. The van der Waals surface area contributed by atoms with Crippen molar-refractivity contribution in [1.29, 1.82) is 0 Å². The summed E-state index contributed by atoms with van der Waals surface area (Å²) in [6.45, 7) is 0.687. The number of nitrogens with two attached hydrogens (primary N) is 2. The second-order valence-electron chi connectivity index (χ2n) is 6.99. The number of phosphoric acid groups is 3.